The highest BCUT2D eigenvalue weighted by atomic mass is 32.1. The molecule has 2 aromatic heterocycles. The van der Waals surface area contributed by atoms with Crippen LogP contribution in [-0.4, -0.2) is 41.3 Å². The van der Waals surface area contributed by atoms with Gasteiger partial charge in [-0.3, -0.25) is 0 Å². The predicted octanol–water partition coefficient (Wildman–Crippen LogP) is 4.84. The first kappa shape index (κ1) is 19.0. The van der Waals surface area contributed by atoms with E-state index < -0.39 is 12.0 Å². The van der Waals surface area contributed by atoms with Gasteiger partial charge < -0.3 is 15.0 Å². The monoisotopic (exact) mass is 431 g/mol. The van der Waals surface area contributed by atoms with Crippen LogP contribution in [-0.2, 0) is 10.9 Å². The van der Waals surface area contributed by atoms with Gasteiger partial charge >= 0.3 is 6.18 Å². The largest absolute Gasteiger partial charge is 0.451 e. The van der Waals surface area contributed by atoms with Crippen molar-refractivity contribution in [2.45, 2.75) is 6.18 Å². The lowest BCUT2D eigenvalue weighted by Crippen LogP contribution is -2.36. The molecule has 1 aliphatic rings. The van der Waals surface area contributed by atoms with Crippen LogP contribution in [0.25, 0.3) is 21.1 Å². The van der Waals surface area contributed by atoms with Gasteiger partial charge in [-0.2, -0.15) is 13.2 Å². The number of benzene rings is 2. The van der Waals surface area contributed by atoms with E-state index in [-0.39, 0.29) is 11.3 Å². The summed E-state index contributed by atoms with van der Waals surface area (Å²) in [6.07, 6.45) is -4.63. The summed E-state index contributed by atoms with van der Waals surface area (Å²) in [6.45, 7) is 2.92. The van der Waals surface area contributed by atoms with Gasteiger partial charge in [0.2, 0.25) is 5.82 Å². The minimum atomic E-state index is -4.63. The first-order valence-electron chi connectivity index (χ1n) is 9.32. The number of hydrogen-bond donors (Lipinski definition) is 1. The number of halogens is 3. The number of rotatable bonds is 3. The second-order valence-electron chi connectivity index (χ2n) is 6.81. The maximum atomic E-state index is 13.2. The minimum Gasteiger partial charge on any atom is -0.378 e. The quantitative estimate of drug-likeness (QED) is 0.501. The normalized spacial score (nSPS) is 15.1. The average molecular weight is 431 g/mol. The highest BCUT2D eigenvalue weighted by molar-refractivity contribution is 7.22. The van der Waals surface area contributed by atoms with Crippen molar-refractivity contribution in [3.05, 3.63) is 48.3 Å². The zero-order valence-corrected chi connectivity index (χ0v) is 16.4. The van der Waals surface area contributed by atoms with E-state index in [0.717, 1.165) is 28.4 Å². The Morgan fingerprint density at radius 1 is 0.967 bits per heavy atom. The Labute approximate surface area is 173 Å². The van der Waals surface area contributed by atoms with Crippen molar-refractivity contribution in [2.75, 3.05) is 36.5 Å². The third kappa shape index (κ3) is 3.63. The van der Waals surface area contributed by atoms with Crippen molar-refractivity contribution in [1.82, 2.24) is 15.0 Å². The van der Waals surface area contributed by atoms with Gasteiger partial charge in [0.15, 0.2) is 5.13 Å². The van der Waals surface area contributed by atoms with Crippen molar-refractivity contribution >= 4 is 49.1 Å². The van der Waals surface area contributed by atoms with Crippen molar-refractivity contribution in [2.24, 2.45) is 0 Å². The van der Waals surface area contributed by atoms with Gasteiger partial charge in [-0.1, -0.05) is 23.5 Å². The van der Waals surface area contributed by atoms with E-state index in [1.54, 1.807) is 41.7 Å². The van der Waals surface area contributed by atoms with Crippen LogP contribution in [0.5, 0.6) is 0 Å². The molecular formula is C20H16F3N5OS. The molecular weight excluding hydrogens is 415 g/mol. The molecule has 1 fully saturated rings. The fourth-order valence-electron chi connectivity index (χ4n) is 3.32. The van der Waals surface area contributed by atoms with Gasteiger partial charge in [-0.15, -0.1) is 0 Å². The van der Waals surface area contributed by atoms with Gasteiger partial charge in [0, 0.05) is 24.2 Å². The zero-order chi connectivity index (χ0) is 20.7. The summed E-state index contributed by atoms with van der Waals surface area (Å²) in [5, 5.41) is 4.47. The van der Waals surface area contributed by atoms with Gasteiger partial charge in [-0.25, -0.2) is 15.0 Å². The lowest BCUT2D eigenvalue weighted by molar-refractivity contribution is -0.144. The molecule has 0 aliphatic carbocycles. The lowest BCUT2D eigenvalue weighted by atomic mass is 10.2. The molecule has 10 heteroatoms. The molecule has 4 aromatic rings. The van der Waals surface area contributed by atoms with Crippen LogP contribution in [0.3, 0.4) is 0 Å². The van der Waals surface area contributed by atoms with Gasteiger partial charge in [0.25, 0.3) is 0 Å². The highest BCUT2D eigenvalue weighted by Gasteiger charge is 2.35. The molecule has 1 N–H and O–H groups in total. The molecule has 0 amide bonds. The summed E-state index contributed by atoms with van der Waals surface area (Å²) < 4.78 is 46.1. The van der Waals surface area contributed by atoms with Crippen LogP contribution in [0.15, 0.2) is 42.5 Å². The number of aromatic nitrogens is 3. The fraction of sp³-hybridized carbons (Fsp3) is 0.250. The third-order valence-corrected chi connectivity index (χ3v) is 5.86. The fourth-order valence-corrected chi connectivity index (χ4v) is 4.37. The number of alkyl halides is 3. The Kier molecular flexibility index (Phi) is 4.67. The Morgan fingerprint density at radius 3 is 2.57 bits per heavy atom. The van der Waals surface area contributed by atoms with Crippen molar-refractivity contribution in [3.63, 3.8) is 0 Å². The molecule has 6 nitrogen and oxygen atoms in total. The van der Waals surface area contributed by atoms with Gasteiger partial charge in [0.1, 0.15) is 5.82 Å². The molecule has 30 heavy (non-hydrogen) atoms. The lowest BCUT2D eigenvalue weighted by Gasteiger charge is -2.25. The van der Waals surface area contributed by atoms with Crippen LogP contribution < -0.4 is 10.2 Å². The summed E-state index contributed by atoms with van der Waals surface area (Å²) in [7, 11) is 0. The Morgan fingerprint density at radius 2 is 1.77 bits per heavy atom. The molecule has 0 spiro atoms. The standard InChI is InChI=1S/C20H16F3N5OS/c21-20(22,23)18-25-14-4-2-1-3-13(14)17(27-18)24-12-5-6-15-16(11-12)30-19(26-15)28-7-9-29-10-8-28/h1-6,11H,7-10H2,(H,24,25,27). The molecule has 0 unspecified atom stereocenters. The second kappa shape index (κ2) is 7.37. The highest BCUT2D eigenvalue weighted by Crippen LogP contribution is 2.34. The Balaban J connectivity index is 1.51. The first-order valence-corrected chi connectivity index (χ1v) is 10.1. The number of ether oxygens (including phenoxy) is 1. The Hall–Kier alpha value is -2.98. The minimum absolute atomic E-state index is 0.116. The molecule has 1 saturated heterocycles. The second-order valence-corrected chi connectivity index (χ2v) is 7.82. The number of thiazole rings is 1. The van der Waals surface area contributed by atoms with Crippen LogP contribution in [0.1, 0.15) is 5.82 Å². The van der Waals surface area contributed by atoms with Crippen molar-refractivity contribution in [1.29, 1.82) is 0 Å². The van der Waals surface area contributed by atoms with Crippen LogP contribution >= 0.6 is 11.3 Å². The average Bonchev–Trinajstić information content (AvgIpc) is 3.17. The SMILES string of the molecule is FC(F)(F)c1nc(Nc2ccc3nc(N4CCOCC4)sc3c2)c2ccccc2n1. The molecule has 0 bridgehead atoms. The topological polar surface area (TPSA) is 63.2 Å². The summed E-state index contributed by atoms with van der Waals surface area (Å²) in [4.78, 5) is 14.2. The van der Waals surface area contributed by atoms with E-state index in [0.29, 0.717) is 24.3 Å². The number of morpholine rings is 1. The summed E-state index contributed by atoms with van der Waals surface area (Å²) >= 11 is 1.55. The molecule has 5 rings (SSSR count). The maximum absolute atomic E-state index is 13.2. The third-order valence-electron chi connectivity index (χ3n) is 4.78. The van der Waals surface area contributed by atoms with E-state index in [2.05, 4.69) is 25.2 Å². The molecule has 154 valence electrons. The summed E-state index contributed by atoms with van der Waals surface area (Å²) in [6, 6.07) is 12.1. The van der Waals surface area contributed by atoms with Crippen LogP contribution in [0.2, 0.25) is 0 Å². The molecule has 2 aromatic carbocycles. The van der Waals surface area contributed by atoms with Crippen molar-refractivity contribution in [3.8, 4) is 0 Å². The number of nitrogens with zero attached hydrogens (tertiary/aromatic N) is 4. The smallest absolute Gasteiger partial charge is 0.378 e. The summed E-state index contributed by atoms with van der Waals surface area (Å²) in [5.74, 6) is -1.05. The molecule has 0 radical (unpaired) electrons. The van der Waals surface area contributed by atoms with Crippen LogP contribution in [0.4, 0.5) is 29.8 Å². The van der Waals surface area contributed by atoms with Crippen molar-refractivity contribution < 1.29 is 17.9 Å². The van der Waals surface area contributed by atoms with E-state index >= 15 is 0 Å². The number of nitrogens with one attached hydrogen (secondary N) is 1. The van der Waals surface area contributed by atoms with E-state index in [1.165, 1.54) is 0 Å². The van der Waals surface area contributed by atoms with Gasteiger partial charge in [-0.05, 0) is 30.3 Å². The van der Waals surface area contributed by atoms with E-state index in [4.69, 9.17) is 4.74 Å². The van der Waals surface area contributed by atoms with E-state index in [1.807, 2.05) is 12.1 Å². The van der Waals surface area contributed by atoms with Crippen LogP contribution in [0, 0.1) is 0 Å². The predicted molar refractivity (Wildman–Crippen MR) is 110 cm³/mol. The molecule has 3 heterocycles. The van der Waals surface area contributed by atoms with Gasteiger partial charge in [0.05, 0.1) is 28.9 Å². The number of hydrogen-bond acceptors (Lipinski definition) is 7. The molecule has 1 aliphatic heterocycles. The zero-order valence-electron chi connectivity index (χ0n) is 15.6. The maximum Gasteiger partial charge on any atom is 0.451 e. The molecule has 0 atom stereocenters. The number of fused-ring (bicyclic) bond motifs is 2. The molecule has 0 saturated carbocycles. The first-order chi connectivity index (χ1) is 14.5. The number of anilines is 3. The van der Waals surface area contributed by atoms with E-state index in [9.17, 15) is 13.2 Å². The summed E-state index contributed by atoms with van der Waals surface area (Å²) in [5.41, 5.74) is 1.71. The Bertz CT molecular complexity index is 1220. The number of para-hydroxylation sites is 1.